The van der Waals surface area contributed by atoms with E-state index in [-0.39, 0.29) is 36.7 Å². The monoisotopic (exact) mass is 338 g/mol. The van der Waals surface area contributed by atoms with E-state index in [0.29, 0.717) is 12.2 Å². The average molecular weight is 339 g/mol. The molecule has 21 heavy (non-hydrogen) atoms. The summed E-state index contributed by atoms with van der Waals surface area (Å²) in [6.45, 7) is 5.48. The van der Waals surface area contributed by atoms with Crippen molar-refractivity contribution in [3.63, 3.8) is 0 Å². The van der Waals surface area contributed by atoms with Gasteiger partial charge in [0.1, 0.15) is 5.82 Å². The van der Waals surface area contributed by atoms with Crippen molar-refractivity contribution in [2.75, 3.05) is 44.6 Å². The number of benzene rings is 1. The largest absolute Gasteiger partial charge is 0.337 e. The smallest absolute Gasteiger partial charge is 0.319 e. The molecule has 0 spiro atoms. The summed E-state index contributed by atoms with van der Waals surface area (Å²) in [6, 6.07) is 5.44. The summed E-state index contributed by atoms with van der Waals surface area (Å²) in [5.41, 5.74) is 0.584. The van der Waals surface area contributed by atoms with Crippen LogP contribution in [0.5, 0.6) is 0 Å². The number of anilines is 1. The van der Waals surface area contributed by atoms with Crippen molar-refractivity contribution < 1.29 is 9.18 Å². The third kappa shape index (κ3) is 7.47. The third-order valence-electron chi connectivity index (χ3n) is 3.03. The van der Waals surface area contributed by atoms with Crippen LogP contribution in [-0.4, -0.2) is 50.2 Å². The SMILES string of the molecule is Cl.Cl.O=C(NCCN1CCNCC1)Nc1ccc(F)cc1. The van der Waals surface area contributed by atoms with Gasteiger partial charge in [0.05, 0.1) is 0 Å². The summed E-state index contributed by atoms with van der Waals surface area (Å²) in [4.78, 5) is 13.9. The van der Waals surface area contributed by atoms with E-state index in [9.17, 15) is 9.18 Å². The summed E-state index contributed by atoms with van der Waals surface area (Å²) in [5.74, 6) is -0.315. The third-order valence-corrected chi connectivity index (χ3v) is 3.03. The summed E-state index contributed by atoms with van der Waals surface area (Å²) < 4.78 is 12.7. The minimum atomic E-state index is -0.315. The number of halogens is 3. The normalized spacial score (nSPS) is 14.5. The molecule has 1 fully saturated rings. The van der Waals surface area contributed by atoms with Gasteiger partial charge < -0.3 is 16.0 Å². The maximum Gasteiger partial charge on any atom is 0.319 e. The molecule has 3 N–H and O–H groups in total. The van der Waals surface area contributed by atoms with Gasteiger partial charge in [0.2, 0.25) is 0 Å². The molecule has 1 aliphatic heterocycles. The fraction of sp³-hybridized carbons (Fsp3) is 0.462. The van der Waals surface area contributed by atoms with E-state index in [1.807, 2.05) is 0 Å². The molecule has 0 bridgehead atoms. The van der Waals surface area contributed by atoms with Gasteiger partial charge in [-0.15, -0.1) is 24.8 Å². The van der Waals surface area contributed by atoms with Crippen molar-refractivity contribution in [2.45, 2.75) is 0 Å². The highest BCUT2D eigenvalue weighted by Crippen LogP contribution is 2.07. The van der Waals surface area contributed by atoms with E-state index in [2.05, 4.69) is 20.9 Å². The predicted octanol–water partition coefficient (Wildman–Crippen LogP) is 1.70. The number of rotatable bonds is 4. The van der Waals surface area contributed by atoms with E-state index in [0.717, 1.165) is 32.7 Å². The molecule has 1 heterocycles. The van der Waals surface area contributed by atoms with Crippen molar-refractivity contribution >= 4 is 36.5 Å². The number of nitrogens with one attached hydrogen (secondary N) is 3. The van der Waals surface area contributed by atoms with Gasteiger partial charge in [-0.3, -0.25) is 4.90 Å². The quantitative estimate of drug-likeness (QED) is 0.783. The van der Waals surface area contributed by atoms with E-state index in [1.165, 1.54) is 24.3 Å². The van der Waals surface area contributed by atoms with Gasteiger partial charge in [0.15, 0.2) is 0 Å². The fourth-order valence-electron chi connectivity index (χ4n) is 1.97. The molecule has 0 radical (unpaired) electrons. The van der Waals surface area contributed by atoms with Crippen molar-refractivity contribution in [3.05, 3.63) is 30.1 Å². The first-order valence-corrected chi connectivity index (χ1v) is 6.47. The number of piperazine rings is 1. The number of nitrogens with zero attached hydrogens (tertiary/aromatic N) is 1. The molecule has 0 atom stereocenters. The Hall–Kier alpha value is -1.08. The van der Waals surface area contributed by atoms with Crippen LogP contribution in [0.2, 0.25) is 0 Å². The molecule has 1 saturated heterocycles. The van der Waals surface area contributed by atoms with Crippen LogP contribution in [0.3, 0.4) is 0 Å². The molecular formula is C13H21Cl2FN4O. The molecule has 0 aliphatic carbocycles. The van der Waals surface area contributed by atoms with E-state index in [4.69, 9.17) is 0 Å². The van der Waals surface area contributed by atoms with Gasteiger partial charge in [0.25, 0.3) is 0 Å². The lowest BCUT2D eigenvalue weighted by Gasteiger charge is -2.27. The van der Waals surface area contributed by atoms with Crippen LogP contribution in [0.15, 0.2) is 24.3 Å². The highest BCUT2D eigenvalue weighted by Gasteiger charge is 2.09. The first-order chi connectivity index (χ1) is 9.24. The van der Waals surface area contributed by atoms with Gasteiger partial charge in [-0.25, -0.2) is 9.18 Å². The predicted molar refractivity (Wildman–Crippen MR) is 87.2 cm³/mol. The Bertz CT molecular complexity index is 413. The van der Waals surface area contributed by atoms with Gasteiger partial charge >= 0.3 is 6.03 Å². The highest BCUT2D eigenvalue weighted by molar-refractivity contribution is 5.89. The molecule has 8 heteroatoms. The lowest BCUT2D eigenvalue weighted by Crippen LogP contribution is -2.46. The number of carbonyl (C=O) groups excluding carboxylic acids is 1. The summed E-state index contributed by atoms with van der Waals surface area (Å²) in [5, 5.41) is 8.73. The fourth-order valence-corrected chi connectivity index (χ4v) is 1.97. The average Bonchev–Trinajstić information content (AvgIpc) is 2.43. The van der Waals surface area contributed by atoms with E-state index in [1.54, 1.807) is 0 Å². The second-order valence-electron chi connectivity index (χ2n) is 4.48. The maximum absolute atomic E-state index is 12.7. The number of carbonyl (C=O) groups is 1. The Morgan fingerprint density at radius 1 is 1.19 bits per heavy atom. The van der Waals surface area contributed by atoms with Gasteiger partial charge in [-0.1, -0.05) is 0 Å². The van der Waals surface area contributed by atoms with E-state index >= 15 is 0 Å². The molecule has 1 aromatic carbocycles. The highest BCUT2D eigenvalue weighted by atomic mass is 35.5. The molecule has 0 saturated carbocycles. The molecule has 0 aromatic heterocycles. The van der Waals surface area contributed by atoms with Crippen LogP contribution < -0.4 is 16.0 Å². The van der Waals surface area contributed by atoms with Gasteiger partial charge in [-0.05, 0) is 24.3 Å². The Morgan fingerprint density at radius 2 is 1.81 bits per heavy atom. The summed E-state index contributed by atoms with van der Waals surface area (Å²) >= 11 is 0. The molecule has 0 unspecified atom stereocenters. The van der Waals surface area contributed by atoms with Crippen molar-refractivity contribution in [2.24, 2.45) is 0 Å². The van der Waals surface area contributed by atoms with Gasteiger partial charge in [-0.2, -0.15) is 0 Å². The van der Waals surface area contributed by atoms with E-state index < -0.39 is 0 Å². The van der Waals surface area contributed by atoms with Crippen LogP contribution in [0, 0.1) is 5.82 Å². The zero-order chi connectivity index (χ0) is 13.5. The molecule has 120 valence electrons. The Balaban J connectivity index is 0.00000200. The minimum absolute atomic E-state index is 0. The number of amides is 2. The maximum atomic E-state index is 12.7. The van der Waals surface area contributed by atoms with Crippen LogP contribution in [0.4, 0.5) is 14.9 Å². The van der Waals surface area contributed by atoms with Crippen LogP contribution in [0.1, 0.15) is 0 Å². The molecule has 2 rings (SSSR count). The Labute approximate surface area is 136 Å². The molecule has 2 amide bonds. The van der Waals surface area contributed by atoms with Crippen LogP contribution in [-0.2, 0) is 0 Å². The Kier molecular flexibility index (Phi) is 10.1. The lowest BCUT2D eigenvalue weighted by atomic mass is 10.3. The topological polar surface area (TPSA) is 56.4 Å². The summed E-state index contributed by atoms with van der Waals surface area (Å²) in [6.07, 6.45) is 0. The van der Waals surface area contributed by atoms with Crippen molar-refractivity contribution in [3.8, 4) is 0 Å². The van der Waals surface area contributed by atoms with Crippen LogP contribution >= 0.6 is 24.8 Å². The molecular weight excluding hydrogens is 318 g/mol. The lowest BCUT2D eigenvalue weighted by molar-refractivity contribution is 0.233. The Morgan fingerprint density at radius 3 is 2.43 bits per heavy atom. The second kappa shape index (κ2) is 10.6. The van der Waals surface area contributed by atoms with Crippen molar-refractivity contribution in [1.29, 1.82) is 0 Å². The van der Waals surface area contributed by atoms with Crippen LogP contribution in [0.25, 0.3) is 0 Å². The second-order valence-corrected chi connectivity index (χ2v) is 4.48. The van der Waals surface area contributed by atoms with Gasteiger partial charge in [0, 0.05) is 45.0 Å². The molecule has 5 nitrogen and oxygen atoms in total. The number of hydrogen-bond acceptors (Lipinski definition) is 3. The molecule has 1 aromatic rings. The summed E-state index contributed by atoms with van der Waals surface area (Å²) in [7, 11) is 0. The molecule has 1 aliphatic rings. The van der Waals surface area contributed by atoms with Crippen molar-refractivity contribution in [1.82, 2.24) is 15.5 Å². The number of urea groups is 1. The zero-order valence-electron chi connectivity index (χ0n) is 11.6. The minimum Gasteiger partial charge on any atom is -0.337 e. The standard InChI is InChI=1S/C13H19FN4O.2ClH/c14-11-1-3-12(4-2-11)17-13(19)16-7-10-18-8-5-15-6-9-18;;/h1-4,15H,5-10H2,(H2,16,17,19);2*1H. The first-order valence-electron chi connectivity index (χ1n) is 6.47. The number of hydrogen-bond donors (Lipinski definition) is 3. The zero-order valence-corrected chi connectivity index (χ0v) is 13.2. The first kappa shape index (κ1) is 19.9.